The molecule has 5 N–H and O–H groups in total. The minimum absolute atomic E-state index is 0.0137. The fourth-order valence-corrected chi connectivity index (χ4v) is 22.7. The highest BCUT2D eigenvalue weighted by Gasteiger charge is 2.70. The number of nitrogens with zero attached hydrogens (tertiary/aromatic N) is 5. The summed E-state index contributed by atoms with van der Waals surface area (Å²) in [7, 11) is -3.83. The van der Waals surface area contributed by atoms with Crippen LogP contribution in [0.2, 0.25) is 0 Å². The zero-order valence-corrected chi connectivity index (χ0v) is 56.5. The van der Waals surface area contributed by atoms with Gasteiger partial charge in [0, 0.05) is 10.8 Å². The average Bonchev–Trinajstić information content (AvgIpc) is 1.43. The summed E-state index contributed by atoms with van der Waals surface area (Å²) in [5.41, 5.74) is 5.17. The van der Waals surface area contributed by atoms with Crippen molar-refractivity contribution in [3.8, 4) is 11.4 Å². The Bertz CT molecular complexity index is 4440. The number of hydrogen-bond acceptors (Lipinski definition) is 16. The number of rotatable bonds is 10. The van der Waals surface area contributed by atoms with Gasteiger partial charge in [-0.15, -0.1) is 22.7 Å². The molecule has 16 rings (SSSR count). The lowest BCUT2D eigenvalue weighted by Gasteiger charge is -2.60. The van der Waals surface area contributed by atoms with Crippen molar-refractivity contribution in [3.05, 3.63) is 159 Å². The van der Waals surface area contributed by atoms with Gasteiger partial charge in [-0.05, 0) is 232 Å². The summed E-state index contributed by atoms with van der Waals surface area (Å²) in [6.45, 7) is 7.74. The standard InChI is InChI=1S/C35H36FN3O3S2.C29H35FN2O6S.C7H5NS2/c1-33-16-20-18-37-39(23-10-8-22(36)9-11-23)27(20)15-21(33)7-12-24-25-13-14-35(42,34(25,2)17-28(40)31(24)33)30(41)19-43-32-38-26-5-3-4-6-29(26)44-32;1-27-13-17-15-31-32(20-7-5-19(30)6-8-20)23(17)12-18(27)4-9-21-22-10-11-29(35,25(34)16-38-39(3,36)37)28(22,2)14-24(33)26(21)27;9-7-8-5-3-1-2-4-6(5)10-7/h3-6,8-11,15,18,24-25,28,31,40,42H,7,12-14,16-17,19H2,1-2H3;5-8,12,15,21-22,24,26,33,35H,4,9-11,13-14,16H2,1-3H3;1-4H,(H,8,9)/t24?,25?,28-,31?,33?,34?,35-;21?,22?,24-,26?,27?,28?,29-;/m00./s1. The van der Waals surface area contributed by atoms with Gasteiger partial charge < -0.3 is 25.4 Å². The van der Waals surface area contributed by atoms with Gasteiger partial charge in [0.25, 0.3) is 10.1 Å². The van der Waals surface area contributed by atoms with Crippen molar-refractivity contribution in [1.82, 2.24) is 29.5 Å². The Morgan fingerprint density at radius 2 is 1.17 bits per heavy atom. The van der Waals surface area contributed by atoms with Crippen LogP contribution in [0.5, 0.6) is 0 Å². The third kappa shape index (κ3) is 10.8. The highest BCUT2D eigenvalue weighted by Crippen LogP contribution is 2.70. The molecule has 0 amide bonds. The molecule has 0 spiro atoms. The fraction of sp³-hybridized carbons (Fsp3) is 0.465. The molecule has 10 unspecified atom stereocenters. The molecular formula is C71H76F2N6O9S5. The monoisotopic (exact) mass is 1350 g/mol. The number of H-pyrrole nitrogens is 1. The maximum Gasteiger partial charge on any atom is 0.264 e. The van der Waals surface area contributed by atoms with Crippen LogP contribution in [0.4, 0.5) is 8.78 Å². The summed E-state index contributed by atoms with van der Waals surface area (Å²) >= 11 is 9.57. The van der Waals surface area contributed by atoms with Crippen LogP contribution in [-0.2, 0) is 36.7 Å². The van der Waals surface area contributed by atoms with Crippen molar-refractivity contribution in [2.24, 2.45) is 57.2 Å². The molecule has 4 aromatic heterocycles. The number of para-hydroxylation sites is 2. The molecule has 6 fully saturated rings. The maximum absolute atomic E-state index is 13.8. The summed E-state index contributed by atoms with van der Waals surface area (Å²) in [5, 5.41) is 56.8. The van der Waals surface area contributed by atoms with Crippen LogP contribution in [0, 0.1) is 72.8 Å². The first-order valence-electron chi connectivity index (χ1n) is 32.1. The number of aromatic amines is 1. The van der Waals surface area contributed by atoms with E-state index in [-0.39, 0.29) is 82.3 Å². The molecule has 0 radical (unpaired) electrons. The van der Waals surface area contributed by atoms with E-state index in [1.54, 1.807) is 46.9 Å². The van der Waals surface area contributed by atoms with Crippen LogP contribution in [0.25, 0.3) is 44.0 Å². The van der Waals surface area contributed by atoms with Gasteiger partial charge in [-0.2, -0.15) is 18.6 Å². The summed E-state index contributed by atoms with van der Waals surface area (Å²) in [4.78, 5) is 34.7. The molecule has 0 aliphatic heterocycles. The smallest absolute Gasteiger partial charge is 0.264 e. The van der Waals surface area contributed by atoms with Crippen molar-refractivity contribution < 1.29 is 51.4 Å². The Morgan fingerprint density at radius 3 is 1.67 bits per heavy atom. The molecule has 8 aliphatic carbocycles. The van der Waals surface area contributed by atoms with Crippen molar-refractivity contribution >= 4 is 101 Å². The SMILES string of the molecule is CC12Cc3cnn(-c4ccc(F)cc4)c3C=C1CCC1C2[C@@H](O)CC2(C)C1CC[C@]2(O)C(=O)COS(C)(=O)=O.CC12Cc3cnn(-c4ccc(F)cc4)c3C=C1CCC1C2[C@@H](O)CC2(C)C1CC[C@]2(O)C(=O)CSc1nc2ccccc2s1.S=c1[nH]c2ccccc2s1. The molecule has 488 valence electrons. The van der Waals surface area contributed by atoms with Gasteiger partial charge in [-0.1, -0.05) is 74.9 Å². The largest absolute Gasteiger partial charge is 0.393 e. The number of aliphatic hydroxyl groups excluding tert-OH is 2. The second-order valence-electron chi connectivity index (χ2n) is 28.3. The highest BCUT2D eigenvalue weighted by molar-refractivity contribution is 8.01. The van der Waals surface area contributed by atoms with E-state index in [1.165, 1.54) is 51.9 Å². The number of aromatic nitrogens is 6. The number of carbonyl (C=O) groups is 2. The summed E-state index contributed by atoms with van der Waals surface area (Å²) < 4.78 is 62.5. The molecular weight excluding hydrogens is 1280 g/mol. The predicted molar refractivity (Wildman–Crippen MR) is 360 cm³/mol. The Labute approximate surface area is 556 Å². The third-order valence-corrected chi connectivity index (χ3v) is 27.5. The van der Waals surface area contributed by atoms with E-state index in [2.05, 4.69) is 59.2 Å². The van der Waals surface area contributed by atoms with E-state index in [1.807, 2.05) is 71.1 Å². The number of ketones is 2. The van der Waals surface area contributed by atoms with Crippen molar-refractivity contribution in [3.63, 3.8) is 0 Å². The lowest BCUT2D eigenvalue weighted by atomic mass is 9.45. The summed E-state index contributed by atoms with van der Waals surface area (Å²) in [5.74, 6) is -0.689. The Balaban J connectivity index is 0.000000140. The van der Waals surface area contributed by atoms with Crippen molar-refractivity contribution in [2.75, 3.05) is 18.6 Å². The molecule has 22 heteroatoms. The van der Waals surface area contributed by atoms with Crippen LogP contribution in [0.3, 0.4) is 0 Å². The molecule has 0 bridgehead atoms. The van der Waals surface area contributed by atoms with E-state index in [0.717, 1.165) is 103 Å². The van der Waals surface area contributed by atoms with E-state index in [9.17, 15) is 47.2 Å². The van der Waals surface area contributed by atoms with Crippen LogP contribution >= 0.6 is 46.7 Å². The van der Waals surface area contributed by atoms with Crippen LogP contribution in [0.15, 0.2) is 125 Å². The minimum Gasteiger partial charge on any atom is -0.393 e. The lowest BCUT2D eigenvalue weighted by molar-refractivity contribution is -0.180. The average molecular weight is 1360 g/mol. The summed E-state index contributed by atoms with van der Waals surface area (Å²) in [6.07, 6.45) is 15.4. The number of nitrogens with one attached hydrogen (secondary N) is 1. The Hall–Kier alpha value is -5.92. The number of thioether (sulfide) groups is 1. The number of Topliss-reactive ketones (excluding diaryl/α,β-unsaturated/α-hetero) is 2. The normalized spacial score (nSPS) is 32.9. The zero-order valence-electron chi connectivity index (χ0n) is 52.4. The molecule has 8 aromatic rings. The lowest BCUT2D eigenvalue weighted by Crippen LogP contribution is -2.62. The first-order chi connectivity index (χ1) is 44.2. The van der Waals surface area contributed by atoms with Crippen molar-refractivity contribution in [1.29, 1.82) is 0 Å². The van der Waals surface area contributed by atoms with E-state index >= 15 is 0 Å². The number of thiazole rings is 2. The van der Waals surface area contributed by atoms with Crippen LogP contribution < -0.4 is 0 Å². The minimum atomic E-state index is -3.83. The van der Waals surface area contributed by atoms with E-state index in [4.69, 9.17) is 16.4 Å². The fourth-order valence-electron chi connectivity index (χ4n) is 19.2. The molecule has 0 saturated heterocycles. The second kappa shape index (κ2) is 23.7. The first-order valence-corrected chi connectivity index (χ1v) is 36.9. The predicted octanol–water partition coefficient (Wildman–Crippen LogP) is 13.3. The number of benzene rings is 4. The summed E-state index contributed by atoms with van der Waals surface area (Å²) in [6, 6.07) is 28.7. The molecule has 4 aromatic carbocycles. The van der Waals surface area contributed by atoms with Gasteiger partial charge in [-0.3, -0.25) is 13.8 Å². The van der Waals surface area contributed by atoms with Crippen LogP contribution in [0.1, 0.15) is 114 Å². The quantitative estimate of drug-likeness (QED) is 0.0488. The number of aliphatic hydroxyl groups is 4. The second-order valence-corrected chi connectivity index (χ2v) is 33.9. The van der Waals surface area contributed by atoms with Gasteiger partial charge in [0.1, 0.15) is 29.4 Å². The number of halogens is 2. The van der Waals surface area contributed by atoms with E-state index in [0.29, 0.717) is 25.7 Å². The molecule has 14 atom stereocenters. The zero-order chi connectivity index (χ0) is 65.4. The molecule has 15 nitrogen and oxygen atoms in total. The van der Waals surface area contributed by atoms with E-state index < -0.39 is 56.7 Å². The maximum atomic E-state index is 13.8. The van der Waals surface area contributed by atoms with Crippen molar-refractivity contribution in [2.45, 2.75) is 132 Å². The van der Waals surface area contributed by atoms with Gasteiger partial charge >= 0.3 is 0 Å². The van der Waals surface area contributed by atoms with Gasteiger partial charge in [0.2, 0.25) is 0 Å². The molecule has 8 aliphatic rings. The number of fused-ring (bicyclic) bond motifs is 14. The Kier molecular flexibility index (Phi) is 16.4. The van der Waals surface area contributed by atoms with Crippen LogP contribution in [-0.4, -0.2) is 112 Å². The van der Waals surface area contributed by atoms with Gasteiger partial charge in [-0.25, -0.2) is 23.1 Å². The highest BCUT2D eigenvalue weighted by atomic mass is 32.2. The topological polar surface area (TPSA) is 223 Å². The molecule has 6 saturated carbocycles. The Morgan fingerprint density at radius 1 is 0.688 bits per heavy atom. The van der Waals surface area contributed by atoms with Gasteiger partial charge in [0.05, 0.1) is 79.8 Å². The number of allylic oxidation sites excluding steroid dienone is 2. The first kappa shape index (κ1) is 64.4. The number of carbonyl (C=O) groups excluding carboxylic acids is 2. The molecule has 93 heavy (non-hydrogen) atoms. The molecule has 4 heterocycles. The third-order valence-electron chi connectivity index (χ3n) is 23.6. The number of hydrogen-bond donors (Lipinski definition) is 5. The van der Waals surface area contributed by atoms with Gasteiger partial charge in [0.15, 0.2) is 19.9 Å².